The number of amides is 4. The lowest BCUT2D eigenvalue weighted by Gasteiger charge is -2.17. The van der Waals surface area contributed by atoms with Crippen molar-refractivity contribution in [3.05, 3.63) is 160 Å². The van der Waals surface area contributed by atoms with Crippen molar-refractivity contribution < 1.29 is 45.1 Å². The third-order valence-corrected chi connectivity index (χ3v) is 11.2. The Morgan fingerprint density at radius 2 is 0.817 bits per heavy atom. The molecule has 0 bridgehead atoms. The highest BCUT2D eigenvalue weighted by Gasteiger charge is 2.18. The third kappa shape index (κ3) is 9.65. The second-order valence-corrected chi connectivity index (χ2v) is 16.5. The molecule has 0 radical (unpaired) electrons. The second-order valence-electron chi connectivity index (χ2n) is 13.8. The van der Waals surface area contributed by atoms with Gasteiger partial charge < -0.3 is 30.4 Å². The van der Waals surface area contributed by atoms with E-state index in [1.54, 1.807) is 81.4 Å². The molecule has 0 aromatic heterocycles. The molecule has 6 aromatic rings. The first-order valence-electron chi connectivity index (χ1n) is 18.1. The zero-order chi connectivity index (χ0) is 43.5. The van der Waals surface area contributed by atoms with Gasteiger partial charge in [-0.1, -0.05) is 36.4 Å². The van der Waals surface area contributed by atoms with Crippen molar-refractivity contribution in [1.29, 1.82) is 0 Å². The highest BCUT2D eigenvalue weighted by atomic mass is 32.2. The average Bonchev–Trinajstić information content (AvgIpc) is 3.20. The summed E-state index contributed by atoms with van der Waals surface area (Å²) in [7, 11) is -8.33. The summed E-state index contributed by atoms with van der Waals surface area (Å²) in [6.07, 6.45) is 0. The minimum atomic E-state index is -5.05. The van der Waals surface area contributed by atoms with E-state index >= 15 is 0 Å². The van der Waals surface area contributed by atoms with Gasteiger partial charge in [-0.15, -0.1) is 0 Å². The summed E-state index contributed by atoms with van der Waals surface area (Å²) < 4.78 is 73.3. The predicted molar refractivity (Wildman–Crippen MR) is 224 cm³/mol. The van der Waals surface area contributed by atoms with E-state index in [4.69, 9.17) is 0 Å². The van der Waals surface area contributed by atoms with Crippen LogP contribution in [0.2, 0.25) is 0 Å². The number of anilines is 3. The quantitative estimate of drug-likeness (QED) is 0.0989. The molecule has 306 valence electrons. The average molecular weight is 845 g/mol. The molecule has 6 aromatic carbocycles. The molecule has 60 heavy (non-hydrogen) atoms. The van der Waals surface area contributed by atoms with Gasteiger partial charge in [0.25, 0.3) is 23.6 Å². The van der Waals surface area contributed by atoms with Crippen molar-refractivity contribution in [3.8, 4) is 22.3 Å². The molecule has 0 heterocycles. The van der Waals surface area contributed by atoms with E-state index in [1.807, 2.05) is 0 Å². The molecule has 0 aliphatic heterocycles. The maximum Gasteiger partial charge on any atom is 0.255 e. The minimum absolute atomic E-state index is 0.0185. The van der Waals surface area contributed by atoms with Crippen LogP contribution >= 0.6 is 0 Å². The van der Waals surface area contributed by atoms with Crippen LogP contribution in [0.1, 0.15) is 58.1 Å². The fourth-order valence-corrected chi connectivity index (χ4v) is 8.00. The topological polar surface area (TPSA) is 231 Å². The Morgan fingerprint density at radius 3 is 1.25 bits per heavy atom. The minimum Gasteiger partial charge on any atom is -0.744 e. The summed E-state index contributed by atoms with van der Waals surface area (Å²) in [6.45, 7) is 5.06. The monoisotopic (exact) mass is 844 g/mol. The van der Waals surface area contributed by atoms with Crippen molar-refractivity contribution >= 4 is 60.9 Å². The molecule has 4 amide bonds. The lowest BCUT2D eigenvalue weighted by molar-refractivity contribution is 0.0961. The largest absolute Gasteiger partial charge is 0.744 e. The summed E-state index contributed by atoms with van der Waals surface area (Å²) in [6, 6.07) is 29.7. The van der Waals surface area contributed by atoms with Crippen LogP contribution < -0.4 is 21.3 Å². The van der Waals surface area contributed by atoms with Gasteiger partial charge in [0.05, 0.1) is 9.79 Å². The van der Waals surface area contributed by atoms with Gasteiger partial charge >= 0.3 is 0 Å². The highest BCUT2D eigenvalue weighted by molar-refractivity contribution is 7.86. The molecule has 0 unspecified atom stereocenters. The van der Waals surface area contributed by atoms with Gasteiger partial charge in [-0.3, -0.25) is 19.2 Å². The molecule has 0 saturated carbocycles. The molecule has 0 saturated heterocycles. The number of benzene rings is 6. The number of hydrogen-bond donors (Lipinski definition) is 4. The maximum atomic E-state index is 13.2. The Bertz CT molecular complexity index is 2950. The standard InChI is InChI=1S/C44H38N4O10S2/c1-25-8-16-37(39(20-25)59(53,54)55)35-17-13-32(21-26(35)2)46-42(50)28-9-11-29(12-10-28)43(51)48-34-15-19-38(40(24-34)60(56,57)58)36-18-14-33(22-27(36)3)47-44(52)31-7-5-6-30(23-31)41(49)45-4/h5-24H,1-4H3,(H,45,49)(H,46,50)(H,47,52)(H,48,51)(H,53,54,55)(H,56,57,58)/p-2. The van der Waals surface area contributed by atoms with E-state index in [0.29, 0.717) is 44.8 Å². The van der Waals surface area contributed by atoms with Gasteiger partial charge in [0.15, 0.2) is 0 Å². The molecule has 14 nitrogen and oxygen atoms in total. The van der Waals surface area contributed by atoms with Gasteiger partial charge in [-0.05, 0) is 145 Å². The zero-order valence-corrected chi connectivity index (χ0v) is 34.1. The zero-order valence-electron chi connectivity index (χ0n) is 32.4. The number of rotatable bonds is 11. The predicted octanol–water partition coefficient (Wildman–Crippen LogP) is 6.87. The van der Waals surface area contributed by atoms with Crippen LogP contribution in [-0.2, 0) is 20.2 Å². The Labute approximate surface area is 346 Å². The van der Waals surface area contributed by atoms with Crippen LogP contribution in [0.25, 0.3) is 22.3 Å². The van der Waals surface area contributed by atoms with E-state index in [-0.39, 0.29) is 44.3 Å². The van der Waals surface area contributed by atoms with Crippen molar-refractivity contribution in [3.63, 3.8) is 0 Å². The Hall–Kier alpha value is -6.98. The SMILES string of the molecule is CNC(=O)c1cccc(C(=O)Nc2ccc(-c3ccc(NC(=O)c4ccc(C(=O)Nc5ccc(-c6ccc(C)cc6S(=O)(=O)[O-])c(C)c5)cc4)cc3S(=O)(=O)[O-])c(C)c2)c1. The summed E-state index contributed by atoms with van der Waals surface area (Å²) in [5, 5.41) is 10.6. The van der Waals surface area contributed by atoms with Crippen LogP contribution in [0.5, 0.6) is 0 Å². The van der Waals surface area contributed by atoms with Gasteiger partial charge in [0.1, 0.15) is 20.2 Å². The number of carbonyl (C=O) groups excluding carboxylic acids is 4. The van der Waals surface area contributed by atoms with Gasteiger partial charge in [-0.2, -0.15) is 0 Å². The molecular weight excluding hydrogens is 809 g/mol. The highest BCUT2D eigenvalue weighted by Crippen LogP contribution is 2.35. The fraction of sp³-hybridized carbons (Fsp3) is 0.0909. The molecule has 0 aliphatic rings. The third-order valence-electron chi connectivity index (χ3n) is 9.49. The Balaban J connectivity index is 1.14. The van der Waals surface area contributed by atoms with E-state index in [9.17, 15) is 45.1 Å². The van der Waals surface area contributed by atoms with Crippen LogP contribution in [0.3, 0.4) is 0 Å². The smallest absolute Gasteiger partial charge is 0.255 e. The van der Waals surface area contributed by atoms with E-state index in [1.165, 1.54) is 61.6 Å². The van der Waals surface area contributed by atoms with E-state index < -0.39 is 42.9 Å². The number of carbonyl (C=O) groups is 4. The van der Waals surface area contributed by atoms with Crippen LogP contribution in [-0.4, -0.2) is 56.6 Å². The summed E-state index contributed by atoms with van der Waals surface area (Å²) in [5.74, 6) is -1.99. The van der Waals surface area contributed by atoms with Crippen molar-refractivity contribution in [1.82, 2.24) is 5.32 Å². The van der Waals surface area contributed by atoms with Gasteiger partial charge in [0.2, 0.25) is 0 Å². The molecule has 0 spiro atoms. The number of aryl methyl sites for hydroxylation is 3. The fourth-order valence-electron chi connectivity index (χ4n) is 6.50. The molecule has 0 fully saturated rings. The first-order chi connectivity index (χ1) is 28.3. The van der Waals surface area contributed by atoms with Gasteiger partial charge in [0, 0.05) is 46.4 Å². The lowest BCUT2D eigenvalue weighted by Crippen LogP contribution is -2.19. The number of hydrogen-bond acceptors (Lipinski definition) is 10. The van der Waals surface area contributed by atoms with Crippen LogP contribution in [0.4, 0.5) is 17.1 Å². The van der Waals surface area contributed by atoms with Crippen molar-refractivity contribution in [2.45, 2.75) is 30.6 Å². The lowest BCUT2D eigenvalue weighted by atomic mass is 9.99. The number of nitrogens with one attached hydrogen (secondary N) is 4. The Kier molecular flexibility index (Phi) is 12.1. The summed E-state index contributed by atoms with van der Waals surface area (Å²) >= 11 is 0. The molecule has 0 aliphatic carbocycles. The maximum absolute atomic E-state index is 13.2. The first-order valence-corrected chi connectivity index (χ1v) is 20.9. The van der Waals surface area contributed by atoms with E-state index in [0.717, 1.165) is 6.07 Å². The summed E-state index contributed by atoms with van der Waals surface area (Å²) in [4.78, 5) is 50.3. The molecule has 0 atom stereocenters. The molecule has 16 heteroatoms. The van der Waals surface area contributed by atoms with Gasteiger partial charge in [-0.25, -0.2) is 16.8 Å². The van der Waals surface area contributed by atoms with Crippen molar-refractivity contribution in [2.75, 3.05) is 23.0 Å². The Morgan fingerprint density at radius 1 is 0.433 bits per heavy atom. The van der Waals surface area contributed by atoms with Crippen molar-refractivity contribution in [2.24, 2.45) is 0 Å². The molecule has 6 rings (SSSR count). The summed E-state index contributed by atoms with van der Waals surface area (Å²) in [5.41, 5.74) is 4.62. The second kappa shape index (κ2) is 17.1. The van der Waals surface area contributed by atoms with Crippen LogP contribution in [0.15, 0.2) is 131 Å². The van der Waals surface area contributed by atoms with Crippen LogP contribution in [0, 0.1) is 20.8 Å². The molecular formula is C44H36N4O10S2-2. The first kappa shape index (κ1) is 42.6. The van der Waals surface area contributed by atoms with E-state index in [2.05, 4.69) is 21.3 Å². The normalized spacial score (nSPS) is 11.4. The molecule has 4 N–H and O–H groups in total.